The highest BCUT2D eigenvalue weighted by Gasteiger charge is 2.11. The van der Waals surface area contributed by atoms with E-state index in [0.717, 1.165) is 41.8 Å². The normalized spacial score (nSPS) is 10.8. The second-order valence-electron chi connectivity index (χ2n) is 5.99. The summed E-state index contributed by atoms with van der Waals surface area (Å²) in [5.74, 6) is 0.0880. The first kappa shape index (κ1) is 16.9. The number of benzene rings is 2. The molecular formula is C20H21N3O2. The number of aromatic carboxylic acids is 1. The van der Waals surface area contributed by atoms with Gasteiger partial charge in [-0.25, -0.2) is 14.5 Å². The molecule has 1 heterocycles. The number of hydrogen-bond donors (Lipinski definition) is 1. The Kier molecular flexibility index (Phi) is 5.23. The molecule has 2 aromatic carbocycles. The maximum atomic E-state index is 11.4. The van der Waals surface area contributed by atoms with Crippen molar-refractivity contribution < 1.29 is 9.90 Å². The predicted molar refractivity (Wildman–Crippen MR) is 96.6 cm³/mol. The van der Waals surface area contributed by atoms with Crippen molar-refractivity contribution in [2.45, 2.75) is 32.7 Å². The van der Waals surface area contributed by atoms with Crippen LogP contribution in [0.3, 0.4) is 0 Å². The Morgan fingerprint density at radius 3 is 2.60 bits per heavy atom. The molecule has 3 aromatic rings. The summed E-state index contributed by atoms with van der Waals surface area (Å²) in [6.45, 7) is 2.83. The maximum absolute atomic E-state index is 11.4. The van der Waals surface area contributed by atoms with E-state index in [4.69, 9.17) is 0 Å². The number of hydrogen-bond acceptors (Lipinski definition) is 3. The zero-order valence-electron chi connectivity index (χ0n) is 14.2. The summed E-state index contributed by atoms with van der Waals surface area (Å²) in [7, 11) is 0. The fourth-order valence-corrected chi connectivity index (χ4v) is 2.83. The van der Waals surface area contributed by atoms with Crippen molar-refractivity contribution >= 4 is 5.97 Å². The van der Waals surface area contributed by atoms with Crippen molar-refractivity contribution in [3.63, 3.8) is 0 Å². The molecule has 0 amide bonds. The van der Waals surface area contributed by atoms with E-state index in [1.165, 1.54) is 0 Å². The van der Waals surface area contributed by atoms with E-state index in [0.29, 0.717) is 12.1 Å². The Labute approximate surface area is 147 Å². The SMILES string of the molecule is CCCCc1ncnn1Cc1ccc(-c2ccccc2C(=O)O)cc1. The third kappa shape index (κ3) is 3.94. The largest absolute Gasteiger partial charge is 0.478 e. The molecule has 0 fully saturated rings. The molecule has 128 valence electrons. The molecule has 0 saturated carbocycles. The fraction of sp³-hybridized carbons (Fsp3) is 0.250. The molecule has 25 heavy (non-hydrogen) atoms. The van der Waals surface area contributed by atoms with E-state index >= 15 is 0 Å². The first-order valence-corrected chi connectivity index (χ1v) is 8.47. The third-order valence-electron chi connectivity index (χ3n) is 4.20. The second kappa shape index (κ2) is 7.75. The number of carboxylic acids is 1. The van der Waals surface area contributed by atoms with Crippen molar-refractivity contribution in [2.75, 3.05) is 0 Å². The van der Waals surface area contributed by atoms with Crippen LogP contribution in [-0.4, -0.2) is 25.8 Å². The maximum Gasteiger partial charge on any atom is 0.336 e. The molecule has 0 aliphatic heterocycles. The number of unbranched alkanes of at least 4 members (excludes halogenated alkanes) is 1. The highest BCUT2D eigenvalue weighted by molar-refractivity contribution is 5.95. The van der Waals surface area contributed by atoms with E-state index in [-0.39, 0.29) is 0 Å². The van der Waals surface area contributed by atoms with E-state index in [1.54, 1.807) is 18.5 Å². The van der Waals surface area contributed by atoms with E-state index < -0.39 is 5.97 Å². The number of carboxylic acid groups (broad SMARTS) is 1. The molecule has 3 rings (SSSR count). The second-order valence-corrected chi connectivity index (χ2v) is 5.99. The van der Waals surface area contributed by atoms with Crippen molar-refractivity contribution in [1.29, 1.82) is 0 Å². The average Bonchev–Trinajstić information content (AvgIpc) is 3.07. The van der Waals surface area contributed by atoms with Crippen LogP contribution >= 0.6 is 0 Å². The van der Waals surface area contributed by atoms with E-state index in [2.05, 4.69) is 17.0 Å². The van der Waals surface area contributed by atoms with Crippen LogP contribution < -0.4 is 0 Å². The van der Waals surface area contributed by atoms with Gasteiger partial charge >= 0.3 is 5.97 Å². The lowest BCUT2D eigenvalue weighted by Crippen LogP contribution is -2.07. The Balaban J connectivity index is 1.80. The van der Waals surface area contributed by atoms with Gasteiger partial charge in [0.25, 0.3) is 0 Å². The van der Waals surface area contributed by atoms with Gasteiger partial charge in [-0.05, 0) is 29.2 Å². The molecule has 0 atom stereocenters. The van der Waals surface area contributed by atoms with Crippen molar-refractivity contribution in [3.05, 3.63) is 71.8 Å². The van der Waals surface area contributed by atoms with Gasteiger partial charge in [0.2, 0.25) is 0 Å². The summed E-state index contributed by atoms with van der Waals surface area (Å²) >= 11 is 0. The number of carbonyl (C=O) groups is 1. The minimum atomic E-state index is -0.914. The average molecular weight is 335 g/mol. The lowest BCUT2D eigenvalue weighted by Gasteiger charge is -2.09. The lowest BCUT2D eigenvalue weighted by molar-refractivity contribution is 0.0697. The Morgan fingerprint density at radius 1 is 1.12 bits per heavy atom. The standard InChI is InChI=1S/C20H21N3O2/c1-2-3-8-19-21-14-22-23(19)13-15-9-11-16(12-10-15)17-6-4-5-7-18(17)20(24)25/h4-7,9-12,14H,2-3,8,13H2,1H3,(H,24,25). The van der Waals surface area contributed by atoms with Gasteiger partial charge in [0.05, 0.1) is 12.1 Å². The molecule has 5 nitrogen and oxygen atoms in total. The van der Waals surface area contributed by atoms with Crippen molar-refractivity contribution in [2.24, 2.45) is 0 Å². The van der Waals surface area contributed by atoms with Crippen LogP contribution in [0.2, 0.25) is 0 Å². The first-order chi connectivity index (χ1) is 12.2. The Bertz CT molecular complexity index is 853. The molecule has 0 aliphatic rings. The number of aryl methyl sites for hydroxylation is 1. The molecule has 1 N–H and O–H groups in total. The summed E-state index contributed by atoms with van der Waals surface area (Å²) in [6, 6.07) is 15.0. The quantitative estimate of drug-likeness (QED) is 0.708. The molecule has 0 saturated heterocycles. The molecular weight excluding hydrogens is 314 g/mol. The van der Waals surface area contributed by atoms with Gasteiger partial charge in [-0.15, -0.1) is 0 Å². The zero-order chi connectivity index (χ0) is 17.6. The number of aromatic nitrogens is 3. The van der Waals surface area contributed by atoms with Crippen LogP contribution in [-0.2, 0) is 13.0 Å². The van der Waals surface area contributed by atoms with Crippen LogP contribution in [0.5, 0.6) is 0 Å². The number of nitrogens with zero attached hydrogens (tertiary/aromatic N) is 3. The highest BCUT2D eigenvalue weighted by Crippen LogP contribution is 2.24. The van der Waals surface area contributed by atoms with E-state index in [9.17, 15) is 9.90 Å². The van der Waals surface area contributed by atoms with Crippen LogP contribution in [0.4, 0.5) is 0 Å². The predicted octanol–water partition coefficient (Wildman–Crippen LogP) is 4.03. The minimum Gasteiger partial charge on any atom is -0.478 e. The fourth-order valence-electron chi connectivity index (χ4n) is 2.83. The smallest absolute Gasteiger partial charge is 0.336 e. The summed E-state index contributed by atoms with van der Waals surface area (Å²) in [5.41, 5.74) is 3.05. The topological polar surface area (TPSA) is 68.0 Å². The molecule has 0 unspecified atom stereocenters. The molecule has 0 spiro atoms. The lowest BCUT2D eigenvalue weighted by atomic mass is 9.99. The summed E-state index contributed by atoms with van der Waals surface area (Å²) in [6.07, 6.45) is 4.76. The van der Waals surface area contributed by atoms with Gasteiger partial charge in [-0.1, -0.05) is 55.8 Å². The summed E-state index contributed by atoms with van der Waals surface area (Å²) in [4.78, 5) is 15.7. The molecule has 0 radical (unpaired) electrons. The Morgan fingerprint density at radius 2 is 1.88 bits per heavy atom. The number of rotatable bonds is 7. The van der Waals surface area contributed by atoms with Crippen LogP contribution in [0.15, 0.2) is 54.9 Å². The van der Waals surface area contributed by atoms with Gasteiger partial charge in [0, 0.05) is 6.42 Å². The van der Waals surface area contributed by atoms with Gasteiger partial charge in [0.1, 0.15) is 12.2 Å². The molecule has 0 aliphatic carbocycles. The summed E-state index contributed by atoms with van der Waals surface area (Å²) in [5, 5.41) is 13.6. The van der Waals surface area contributed by atoms with Crippen LogP contribution in [0.1, 0.15) is 41.5 Å². The molecule has 5 heteroatoms. The monoisotopic (exact) mass is 335 g/mol. The highest BCUT2D eigenvalue weighted by atomic mass is 16.4. The third-order valence-corrected chi connectivity index (χ3v) is 4.20. The van der Waals surface area contributed by atoms with Gasteiger partial charge < -0.3 is 5.11 Å². The molecule has 1 aromatic heterocycles. The molecule has 0 bridgehead atoms. The zero-order valence-corrected chi connectivity index (χ0v) is 14.2. The van der Waals surface area contributed by atoms with E-state index in [1.807, 2.05) is 41.1 Å². The van der Waals surface area contributed by atoms with Crippen molar-refractivity contribution in [3.8, 4) is 11.1 Å². The van der Waals surface area contributed by atoms with Gasteiger partial charge in [-0.3, -0.25) is 0 Å². The first-order valence-electron chi connectivity index (χ1n) is 8.47. The minimum absolute atomic E-state index is 0.313. The summed E-state index contributed by atoms with van der Waals surface area (Å²) < 4.78 is 1.93. The van der Waals surface area contributed by atoms with Crippen LogP contribution in [0, 0.1) is 0 Å². The van der Waals surface area contributed by atoms with Gasteiger partial charge in [0.15, 0.2) is 0 Å². The Hall–Kier alpha value is -2.95. The van der Waals surface area contributed by atoms with Crippen molar-refractivity contribution in [1.82, 2.24) is 14.8 Å². The van der Waals surface area contributed by atoms with Crippen LogP contribution in [0.25, 0.3) is 11.1 Å². The van der Waals surface area contributed by atoms with Gasteiger partial charge in [-0.2, -0.15) is 5.10 Å².